The van der Waals surface area contributed by atoms with E-state index in [-0.39, 0.29) is 33.7 Å². The normalized spacial score (nSPS) is 21.0. The van der Waals surface area contributed by atoms with E-state index in [0.717, 1.165) is 33.6 Å². The minimum atomic E-state index is -4.63. The Hall–Kier alpha value is -3.12. The molecule has 0 aromatic carbocycles. The van der Waals surface area contributed by atoms with Gasteiger partial charge in [-0.05, 0) is 18.0 Å². The number of nitrogens with zero attached hydrogens (tertiary/aromatic N) is 5. The number of nitroso groups, excluding NO2 is 1. The van der Waals surface area contributed by atoms with Crippen LogP contribution in [0.5, 0.6) is 0 Å². The Kier molecular flexibility index (Phi) is 6.30. The van der Waals surface area contributed by atoms with Crippen molar-refractivity contribution in [3.05, 3.63) is 31.7 Å². The van der Waals surface area contributed by atoms with E-state index in [1.54, 1.807) is 0 Å². The van der Waals surface area contributed by atoms with Gasteiger partial charge in [0.2, 0.25) is 6.04 Å². The number of nitrogen functional groups attached to an aromatic ring is 1. The van der Waals surface area contributed by atoms with Gasteiger partial charge in [0.05, 0.1) is 6.04 Å². The number of carbonyl (C=O) groups is 3. The Labute approximate surface area is 199 Å². The molecular weight excluding hydrogens is 523 g/mol. The lowest BCUT2D eigenvalue weighted by Gasteiger charge is -2.50. The molecule has 34 heavy (non-hydrogen) atoms. The highest BCUT2D eigenvalue weighted by atomic mass is 32.2. The van der Waals surface area contributed by atoms with Gasteiger partial charge in [-0.1, -0.05) is 11.8 Å². The number of fused-ring (bicyclic) bond motifs is 1. The summed E-state index contributed by atoms with van der Waals surface area (Å²) in [4.78, 5) is 56.6. The number of carboxylic acid groups (broad SMARTS) is 1. The zero-order valence-corrected chi connectivity index (χ0v) is 18.9. The first-order valence-corrected chi connectivity index (χ1v) is 11.7. The van der Waals surface area contributed by atoms with Crippen molar-refractivity contribution in [3.63, 3.8) is 0 Å². The van der Waals surface area contributed by atoms with Gasteiger partial charge in [0.15, 0.2) is 16.0 Å². The molecule has 2 aromatic heterocycles. The van der Waals surface area contributed by atoms with Gasteiger partial charge in [-0.25, -0.2) is 14.8 Å². The Morgan fingerprint density at radius 2 is 2.12 bits per heavy atom. The molecule has 0 saturated carbocycles. The standard InChI is InChI=1S/C16H12F3N7O5S3/c17-16(18,19)14-21-6(3-32-14)33-5-2-1-4-7(12(28)26(4)9(5)13(29)30)22-11(27)8(24-31)10-23-15(20)34-25-10/h3-4,7-8H,1-2H2,(H,22,27)(H,29,30)(H2,20,23,25). The molecule has 180 valence electrons. The third-order valence-corrected chi connectivity index (χ3v) is 7.56. The third-order valence-electron chi connectivity index (χ3n) is 4.90. The number of β-lactam (4-membered cyclic amide) rings is 1. The van der Waals surface area contributed by atoms with Crippen molar-refractivity contribution in [2.45, 2.75) is 42.2 Å². The number of rotatable bonds is 7. The molecule has 0 radical (unpaired) electrons. The Balaban J connectivity index is 1.51. The van der Waals surface area contributed by atoms with Crippen LogP contribution in [0.4, 0.5) is 18.3 Å². The smallest absolute Gasteiger partial charge is 0.443 e. The van der Waals surface area contributed by atoms with E-state index in [1.807, 2.05) is 0 Å². The first-order valence-electron chi connectivity index (χ1n) is 9.23. The zero-order valence-electron chi connectivity index (χ0n) is 16.5. The molecule has 4 N–H and O–H groups in total. The van der Waals surface area contributed by atoms with Crippen molar-refractivity contribution >= 4 is 57.5 Å². The number of amides is 2. The lowest BCUT2D eigenvalue weighted by atomic mass is 9.86. The Morgan fingerprint density at radius 1 is 1.38 bits per heavy atom. The molecule has 4 heterocycles. The number of carboxylic acids is 1. The molecule has 2 aliphatic rings. The topological polar surface area (TPSA) is 181 Å². The second-order valence-corrected chi connectivity index (χ2v) is 9.72. The zero-order chi connectivity index (χ0) is 24.8. The first-order chi connectivity index (χ1) is 16.0. The molecule has 3 unspecified atom stereocenters. The highest BCUT2D eigenvalue weighted by Gasteiger charge is 2.54. The number of anilines is 1. The summed E-state index contributed by atoms with van der Waals surface area (Å²) in [5.41, 5.74) is 5.05. The molecule has 2 amide bonds. The van der Waals surface area contributed by atoms with Crippen LogP contribution in [-0.2, 0) is 20.6 Å². The van der Waals surface area contributed by atoms with E-state index in [2.05, 4.69) is 24.8 Å². The van der Waals surface area contributed by atoms with Crippen molar-refractivity contribution < 1.29 is 32.7 Å². The molecule has 4 rings (SSSR count). The highest BCUT2D eigenvalue weighted by molar-refractivity contribution is 8.03. The number of nitrogens with one attached hydrogen (secondary N) is 1. The molecule has 12 nitrogen and oxygen atoms in total. The summed E-state index contributed by atoms with van der Waals surface area (Å²) in [6, 6.07) is -3.49. The van der Waals surface area contributed by atoms with Crippen LogP contribution >= 0.6 is 34.6 Å². The van der Waals surface area contributed by atoms with Gasteiger partial charge in [-0.3, -0.25) is 14.5 Å². The number of nitrogens with two attached hydrogens (primary N) is 1. The van der Waals surface area contributed by atoms with Crippen LogP contribution in [0.2, 0.25) is 0 Å². The number of hydrogen-bond acceptors (Lipinski definition) is 12. The van der Waals surface area contributed by atoms with E-state index >= 15 is 0 Å². The number of alkyl halides is 3. The summed E-state index contributed by atoms with van der Waals surface area (Å²) in [6.45, 7) is 0. The average Bonchev–Trinajstić information content (AvgIpc) is 3.41. The molecule has 1 fully saturated rings. The fourth-order valence-corrected chi connectivity index (χ4v) is 5.79. The minimum absolute atomic E-state index is 0.0124. The SMILES string of the molecule is Nc1nc(C(N=O)C(=O)NC2C(=O)N3C(C(=O)O)=C(Sc4csc(C(F)(F)F)n4)CCC23)ns1. The third kappa shape index (κ3) is 4.34. The summed E-state index contributed by atoms with van der Waals surface area (Å²) in [7, 11) is 0. The summed E-state index contributed by atoms with van der Waals surface area (Å²) >= 11 is 1.86. The molecule has 3 atom stereocenters. The number of thioether (sulfide) groups is 1. The summed E-state index contributed by atoms with van der Waals surface area (Å²) < 4.78 is 42.2. The molecule has 0 spiro atoms. The quantitative estimate of drug-likeness (QED) is 0.350. The fourth-order valence-electron chi connectivity index (χ4n) is 3.49. The van der Waals surface area contributed by atoms with E-state index in [4.69, 9.17) is 5.73 Å². The van der Waals surface area contributed by atoms with Gasteiger partial charge in [0, 0.05) is 21.8 Å². The van der Waals surface area contributed by atoms with Crippen LogP contribution < -0.4 is 11.1 Å². The lowest BCUT2D eigenvalue weighted by molar-refractivity contribution is -0.156. The number of thiazole rings is 1. The molecule has 0 bridgehead atoms. The average molecular weight is 536 g/mol. The number of carbonyl (C=O) groups excluding carboxylic acids is 2. The number of aromatic nitrogens is 3. The summed E-state index contributed by atoms with van der Waals surface area (Å²) in [6.07, 6.45) is -4.29. The van der Waals surface area contributed by atoms with E-state index in [9.17, 15) is 37.6 Å². The van der Waals surface area contributed by atoms with Crippen molar-refractivity contribution in [1.29, 1.82) is 0 Å². The van der Waals surface area contributed by atoms with Gasteiger partial charge in [-0.2, -0.15) is 17.5 Å². The van der Waals surface area contributed by atoms with Crippen LogP contribution in [0.25, 0.3) is 0 Å². The van der Waals surface area contributed by atoms with Gasteiger partial charge >= 0.3 is 12.1 Å². The molecule has 1 saturated heterocycles. The molecule has 0 aliphatic carbocycles. The summed E-state index contributed by atoms with van der Waals surface area (Å²) in [5.74, 6) is -3.38. The van der Waals surface area contributed by atoms with Crippen LogP contribution in [0.3, 0.4) is 0 Å². The first kappa shape index (κ1) is 24.0. The maximum absolute atomic E-state index is 12.8. The fraction of sp³-hybridized carbons (Fsp3) is 0.375. The summed E-state index contributed by atoms with van der Waals surface area (Å²) in [5, 5.41) is 14.8. The highest BCUT2D eigenvalue weighted by Crippen LogP contribution is 2.44. The van der Waals surface area contributed by atoms with Crippen molar-refractivity contribution in [2.75, 3.05) is 5.73 Å². The maximum atomic E-state index is 12.8. The van der Waals surface area contributed by atoms with Gasteiger partial charge in [0.1, 0.15) is 16.8 Å². The van der Waals surface area contributed by atoms with Gasteiger partial charge in [-0.15, -0.1) is 16.2 Å². The molecule has 2 aromatic rings. The number of aliphatic carboxylic acids is 1. The maximum Gasteiger partial charge on any atom is 0.443 e. The van der Waals surface area contributed by atoms with E-state index in [1.165, 1.54) is 0 Å². The number of allylic oxidation sites excluding steroid dienone is 1. The van der Waals surface area contributed by atoms with Crippen LogP contribution in [0, 0.1) is 4.91 Å². The van der Waals surface area contributed by atoms with Crippen molar-refractivity contribution in [3.8, 4) is 0 Å². The minimum Gasteiger partial charge on any atom is -0.477 e. The van der Waals surface area contributed by atoms with E-state index < -0.39 is 52.8 Å². The molecule has 2 aliphatic heterocycles. The predicted molar refractivity (Wildman–Crippen MR) is 112 cm³/mol. The molecular formula is C16H12F3N7O5S3. The number of hydrogen-bond donors (Lipinski definition) is 3. The van der Waals surface area contributed by atoms with Crippen LogP contribution in [0.1, 0.15) is 29.7 Å². The second-order valence-electron chi connectivity index (χ2n) is 6.97. The second kappa shape index (κ2) is 8.91. The van der Waals surface area contributed by atoms with E-state index in [0.29, 0.717) is 11.3 Å². The van der Waals surface area contributed by atoms with Crippen molar-refractivity contribution in [2.24, 2.45) is 5.18 Å². The monoisotopic (exact) mass is 535 g/mol. The van der Waals surface area contributed by atoms with Crippen molar-refractivity contribution in [1.82, 2.24) is 24.6 Å². The van der Waals surface area contributed by atoms with Crippen LogP contribution in [-0.4, -0.2) is 54.2 Å². The Bertz CT molecular complexity index is 1210. The molecule has 18 heteroatoms. The Morgan fingerprint density at radius 3 is 2.68 bits per heavy atom. The lowest BCUT2D eigenvalue weighted by Crippen LogP contribution is -2.71. The largest absolute Gasteiger partial charge is 0.477 e. The van der Waals surface area contributed by atoms with Gasteiger partial charge in [0.25, 0.3) is 11.8 Å². The van der Waals surface area contributed by atoms with Gasteiger partial charge < -0.3 is 16.2 Å². The van der Waals surface area contributed by atoms with Crippen LogP contribution in [0.15, 0.2) is 26.2 Å². The predicted octanol–water partition coefficient (Wildman–Crippen LogP) is 1.98. The number of halogens is 3.